The minimum atomic E-state index is 0.205. The second-order valence-corrected chi connectivity index (χ2v) is 9.20. The molecule has 1 fully saturated rings. The van der Waals surface area contributed by atoms with Gasteiger partial charge in [-0.15, -0.1) is 0 Å². The Labute approximate surface area is 174 Å². The highest BCUT2D eigenvalue weighted by atomic mass is 14.4. The lowest BCUT2D eigenvalue weighted by Gasteiger charge is -2.31. The molecule has 1 atom stereocenters. The Morgan fingerprint density at radius 3 is 2.07 bits per heavy atom. The number of unbranched alkanes of at least 4 members (excludes halogenated alkanes) is 6. The molecule has 1 heteroatoms. The van der Waals surface area contributed by atoms with E-state index in [4.69, 9.17) is 0 Å². The Hall–Kier alpha value is -1.29. The highest BCUT2D eigenvalue weighted by Gasteiger charge is 2.27. The molecule has 1 aliphatic carbocycles. The summed E-state index contributed by atoms with van der Waals surface area (Å²) in [6.45, 7) is 4.54. The van der Waals surface area contributed by atoms with Gasteiger partial charge in [0, 0.05) is 0 Å². The number of benzene rings is 1. The van der Waals surface area contributed by atoms with E-state index >= 15 is 0 Å². The van der Waals surface area contributed by atoms with E-state index in [1.807, 2.05) is 0 Å². The second-order valence-electron chi connectivity index (χ2n) is 9.20. The van der Waals surface area contributed by atoms with Crippen LogP contribution in [-0.2, 0) is 12.8 Å². The average molecular weight is 382 g/mol. The van der Waals surface area contributed by atoms with Crippen LogP contribution in [0, 0.1) is 29.1 Å². The Morgan fingerprint density at radius 1 is 0.821 bits per heavy atom. The molecule has 1 unspecified atom stereocenters. The number of rotatable bonds is 13. The molecule has 28 heavy (non-hydrogen) atoms. The Morgan fingerprint density at radius 2 is 1.43 bits per heavy atom. The molecule has 0 N–H and O–H groups in total. The SMILES string of the molecule is CCCCCCC[C@H]1CC[C@H](C(C#N)Cc2ccc(CCCCC)cc2)CC1. The van der Waals surface area contributed by atoms with Crippen LogP contribution in [0.4, 0.5) is 0 Å². The molecule has 0 aromatic heterocycles. The maximum atomic E-state index is 9.78. The van der Waals surface area contributed by atoms with Gasteiger partial charge in [0.2, 0.25) is 0 Å². The summed E-state index contributed by atoms with van der Waals surface area (Å²) in [5, 5.41) is 9.78. The van der Waals surface area contributed by atoms with Crippen molar-refractivity contribution < 1.29 is 0 Å². The molecular formula is C27H43N. The Balaban J connectivity index is 1.71. The van der Waals surface area contributed by atoms with Gasteiger partial charge < -0.3 is 0 Å². The molecule has 0 spiro atoms. The quantitative estimate of drug-likeness (QED) is 0.315. The fourth-order valence-electron chi connectivity index (χ4n) is 4.91. The van der Waals surface area contributed by atoms with Crippen LogP contribution in [0.2, 0.25) is 0 Å². The van der Waals surface area contributed by atoms with Crippen LogP contribution in [0.1, 0.15) is 108 Å². The van der Waals surface area contributed by atoms with Crippen LogP contribution in [-0.4, -0.2) is 0 Å². The normalized spacial score (nSPS) is 20.6. The first kappa shape index (κ1) is 23.0. The molecule has 1 aromatic carbocycles. The fraction of sp³-hybridized carbons (Fsp3) is 0.741. The standard InChI is InChI=1S/C27H43N/c1-3-5-7-8-10-12-24-17-19-26(20-18-24)27(22-28)21-25-15-13-23(14-16-25)11-9-6-4-2/h13-16,24,26-27H,3-12,17-21H2,1-2H3/t24-,26-,27?. The minimum absolute atomic E-state index is 0.205. The monoisotopic (exact) mass is 381 g/mol. The van der Waals surface area contributed by atoms with Crippen LogP contribution >= 0.6 is 0 Å². The summed E-state index contributed by atoms with van der Waals surface area (Å²) in [7, 11) is 0. The van der Waals surface area contributed by atoms with Gasteiger partial charge in [-0.05, 0) is 55.1 Å². The van der Waals surface area contributed by atoms with Gasteiger partial charge in [-0.3, -0.25) is 0 Å². The van der Waals surface area contributed by atoms with E-state index in [1.165, 1.54) is 101 Å². The van der Waals surface area contributed by atoms with E-state index in [-0.39, 0.29) is 5.92 Å². The van der Waals surface area contributed by atoms with Crippen LogP contribution in [0.3, 0.4) is 0 Å². The predicted octanol–water partition coefficient (Wildman–Crippen LogP) is 8.27. The lowest BCUT2D eigenvalue weighted by molar-refractivity contribution is 0.220. The van der Waals surface area contributed by atoms with E-state index in [2.05, 4.69) is 44.2 Å². The summed E-state index contributed by atoms with van der Waals surface area (Å²) in [4.78, 5) is 0. The molecule has 2 rings (SSSR count). The summed E-state index contributed by atoms with van der Waals surface area (Å²) in [5.41, 5.74) is 2.80. The van der Waals surface area contributed by atoms with Crippen LogP contribution in [0.5, 0.6) is 0 Å². The summed E-state index contributed by atoms with van der Waals surface area (Å²) in [5.74, 6) is 1.75. The van der Waals surface area contributed by atoms with Crippen LogP contribution in [0.15, 0.2) is 24.3 Å². The average Bonchev–Trinajstić information content (AvgIpc) is 2.74. The Kier molecular flexibility index (Phi) is 11.3. The third-order valence-electron chi connectivity index (χ3n) is 6.89. The van der Waals surface area contributed by atoms with Gasteiger partial charge in [0.15, 0.2) is 0 Å². The van der Waals surface area contributed by atoms with Gasteiger partial charge in [-0.25, -0.2) is 0 Å². The van der Waals surface area contributed by atoms with Gasteiger partial charge in [0.05, 0.1) is 12.0 Å². The molecule has 0 amide bonds. The van der Waals surface area contributed by atoms with Gasteiger partial charge in [0.1, 0.15) is 0 Å². The van der Waals surface area contributed by atoms with Crippen molar-refractivity contribution >= 4 is 0 Å². The number of aryl methyl sites for hydroxylation is 1. The molecule has 0 bridgehead atoms. The van der Waals surface area contributed by atoms with Crippen LogP contribution < -0.4 is 0 Å². The van der Waals surface area contributed by atoms with E-state index in [0.717, 1.165) is 12.3 Å². The van der Waals surface area contributed by atoms with E-state index < -0.39 is 0 Å². The summed E-state index contributed by atoms with van der Waals surface area (Å²) in [6.07, 6.45) is 19.7. The molecule has 0 aliphatic heterocycles. The predicted molar refractivity (Wildman–Crippen MR) is 121 cm³/mol. The fourth-order valence-corrected chi connectivity index (χ4v) is 4.91. The molecule has 1 aliphatic rings. The number of hydrogen-bond acceptors (Lipinski definition) is 1. The molecule has 1 nitrogen and oxygen atoms in total. The number of nitrogens with zero attached hydrogens (tertiary/aromatic N) is 1. The van der Waals surface area contributed by atoms with Crippen molar-refractivity contribution in [3.05, 3.63) is 35.4 Å². The summed E-state index contributed by atoms with van der Waals surface area (Å²) in [6, 6.07) is 11.8. The van der Waals surface area contributed by atoms with Crippen LogP contribution in [0.25, 0.3) is 0 Å². The van der Waals surface area contributed by atoms with Crippen molar-refractivity contribution in [3.8, 4) is 6.07 Å². The van der Waals surface area contributed by atoms with E-state index in [1.54, 1.807) is 0 Å². The van der Waals surface area contributed by atoms with E-state index in [0.29, 0.717) is 5.92 Å². The third-order valence-corrected chi connectivity index (χ3v) is 6.89. The lowest BCUT2D eigenvalue weighted by atomic mass is 9.73. The van der Waals surface area contributed by atoms with Crippen molar-refractivity contribution in [2.45, 2.75) is 110 Å². The van der Waals surface area contributed by atoms with Crippen molar-refractivity contribution in [1.29, 1.82) is 5.26 Å². The molecule has 0 saturated heterocycles. The lowest BCUT2D eigenvalue weighted by Crippen LogP contribution is -2.22. The third kappa shape index (κ3) is 8.38. The van der Waals surface area contributed by atoms with Crippen molar-refractivity contribution in [2.24, 2.45) is 17.8 Å². The van der Waals surface area contributed by atoms with Gasteiger partial charge >= 0.3 is 0 Å². The number of hydrogen-bond donors (Lipinski definition) is 0. The van der Waals surface area contributed by atoms with Gasteiger partial charge in [0.25, 0.3) is 0 Å². The molecule has 156 valence electrons. The zero-order valence-electron chi connectivity index (χ0n) is 18.6. The summed E-state index contributed by atoms with van der Waals surface area (Å²) >= 11 is 0. The van der Waals surface area contributed by atoms with Gasteiger partial charge in [-0.1, -0.05) is 102 Å². The first-order valence-corrected chi connectivity index (χ1v) is 12.2. The maximum Gasteiger partial charge on any atom is 0.0662 e. The first-order chi connectivity index (χ1) is 13.8. The molecule has 1 aromatic rings. The van der Waals surface area contributed by atoms with Crippen molar-refractivity contribution in [3.63, 3.8) is 0 Å². The van der Waals surface area contributed by atoms with E-state index in [9.17, 15) is 5.26 Å². The number of nitriles is 1. The van der Waals surface area contributed by atoms with Gasteiger partial charge in [-0.2, -0.15) is 5.26 Å². The zero-order valence-corrected chi connectivity index (χ0v) is 18.6. The largest absolute Gasteiger partial charge is 0.198 e. The smallest absolute Gasteiger partial charge is 0.0662 e. The minimum Gasteiger partial charge on any atom is -0.198 e. The first-order valence-electron chi connectivity index (χ1n) is 12.2. The second kappa shape index (κ2) is 13.8. The maximum absolute atomic E-state index is 9.78. The summed E-state index contributed by atoms with van der Waals surface area (Å²) < 4.78 is 0. The molecule has 0 radical (unpaired) electrons. The zero-order chi connectivity index (χ0) is 20.0. The Bertz CT molecular complexity index is 545. The highest BCUT2D eigenvalue weighted by Crippen LogP contribution is 2.37. The topological polar surface area (TPSA) is 23.8 Å². The van der Waals surface area contributed by atoms with Crippen molar-refractivity contribution in [1.82, 2.24) is 0 Å². The highest BCUT2D eigenvalue weighted by molar-refractivity contribution is 5.24. The molecular weight excluding hydrogens is 338 g/mol. The van der Waals surface area contributed by atoms with Crippen molar-refractivity contribution in [2.75, 3.05) is 0 Å². The molecule has 0 heterocycles. The molecule has 1 saturated carbocycles.